The molecule has 1 aliphatic rings. The summed E-state index contributed by atoms with van der Waals surface area (Å²) in [5.41, 5.74) is 5.18. The number of benzene rings is 3. The number of anilines is 1. The van der Waals surface area contributed by atoms with E-state index in [4.69, 9.17) is 27.9 Å². The average Bonchev–Trinajstić information content (AvgIpc) is 3.59. The van der Waals surface area contributed by atoms with Gasteiger partial charge in [0.2, 0.25) is 0 Å². The molecule has 0 aliphatic heterocycles. The maximum absolute atomic E-state index is 13.3. The largest absolute Gasteiger partial charge is 0.484 e. The first-order valence-corrected chi connectivity index (χ1v) is 12.3. The molecule has 1 saturated carbocycles. The Hall–Kier alpha value is -2.56. The molecule has 0 bridgehead atoms. The quantitative estimate of drug-likeness (QED) is 0.325. The fraction of sp³-hybridized carbons (Fsp3) is 0.321. The van der Waals surface area contributed by atoms with Crippen LogP contribution in [0.1, 0.15) is 54.9 Å². The Morgan fingerprint density at radius 1 is 1.09 bits per heavy atom. The lowest BCUT2D eigenvalue weighted by Gasteiger charge is -2.16. The Labute approximate surface area is 210 Å². The van der Waals surface area contributed by atoms with Crippen LogP contribution in [-0.2, 0) is 17.6 Å². The molecule has 0 atom stereocenters. The molecular weight excluding hydrogens is 472 g/mol. The number of hydrogen-bond acceptors (Lipinski definition) is 2. The topological polar surface area (TPSA) is 38.3 Å². The predicted octanol–water partition coefficient (Wildman–Crippen LogP) is 7.82. The molecule has 0 unspecified atom stereocenters. The number of amides is 1. The summed E-state index contributed by atoms with van der Waals surface area (Å²) in [6.45, 7) is 4.21. The van der Waals surface area contributed by atoms with E-state index < -0.39 is 11.7 Å². The molecule has 3 aromatic carbocycles. The third-order valence-corrected chi connectivity index (χ3v) is 6.69. The van der Waals surface area contributed by atoms with Crippen LogP contribution in [0.5, 0.6) is 5.75 Å². The zero-order valence-corrected chi connectivity index (χ0v) is 20.8. The van der Waals surface area contributed by atoms with Crippen molar-refractivity contribution in [2.45, 2.75) is 45.4 Å². The van der Waals surface area contributed by atoms with E-state index in [9.17, 15) is 9.18 Å². The van der Waals surface area contributed by atoms with Gasteiger partial charge in [0.25, 0.3) is 5.91 Å². The fourth-order valence-electron chi connectivity index (χ4n) is 4.06. The molecule has 1 amide bonds. The minimum atomic E-state index is -0.425. The SMILES string of the molecule is CC(C)c1cc(Cc2c(Cl)cc(OCC(=O)Nc3cccc(F)c3)cc2Cl)ccc1CC1CC1. The molecule has 1 aliphatic carbocycles. The molecule has 1 fully saturated rings. The normalized spacial score (nSPS) is 13.2. The molecule has 0 heterocycles. The van der Waals surface area contributed by atoms with Gasteiger partial charge in [-0.25, -0.2) is 4.39 Å². The molecule has 34 heavy (non-hydrogen) atoms. The summed E-state index contributed by atoms with van der Waals surface area (Å²) < 4.78 is 18.8. The van der Waals surface area contributed by atoms with Crippen LogP contribution in [0.15, 0.2) is 54.6 Å². The van der Waals surface area contributed by atoms with E-state index in [-0.39, 0.29) is 6.61 Å². The lowest BCUT2D eigenvalue weighted by atomic mass is 9.90. The van der Waals surface area contributed by atoms with Crippen molar-refractivity contribution >= 4 is 34.8 Å². The lowest BCUT2D eigenvalue weighted by Crippen LogP contribution is -2.20. The van der Waals surface area contributed by atoms with Crippen LogP contribution in [-0.4, -0.2) is 12.5 Å². The molecule has 178 valence electrons. The van der Waals surface area contributed by atoms with E-state index in [0.29, 0.717) is 33.8 Å². The van der Waals surface area contributed by atoms with Crippen LogP contribution < -0.4 is 10.1 Å². The van der Waals surface area contributed by atoms with Crippen LogP contribution >= 0.6 is 23.2 Å². The number of carbonyl (C=O) groups is 1. The number of hydrogen-bond donors (Lipinski definition) is 1. The summed E-state index contributed by atoms with van der Waals surface area (Å²) in [5.74, 6) is 0.862. The highest BCUT2D eigenvalue weighted by Crippen LogP contribution is 2.36. The van der Waals surface area contributed by atoms with E-state index in [0.717, 1.165) is 23.5 Å². The Morgan fingerprint density at radius 3 is 2.47 bits per heavy atom. The number of ether oxygens (including phenoxy) is 1. The van der Waals surface area contributed by atoms with Gasteiger partial charge in [-0.05, 0) is 83.7 Å². The predicted molar refractivity (Wildman–Crippen MR) is 137 cm³/mol. The third kappa shape index (κ3) is 6.52. The fourth-order valence-corrected chi connectivity index (χ4v) is 4.66. The Kier molecular flexibility index (Phi) is 7.80. The smallest absolute Gasteiger partial charge is 0.262 e. The van der Waals surface area contributed by atoms with Gasteiger partial charge in [-0.3, -0.25) is 4.79 Å². The van der Waals surface area contributed by atoms with Gasteiger partial charge in [0.05, 0.1) is 0 Å². The lowest BCUT2D eigenvalue weighted by molar-refractivity contribution is -0.118. The second kappa shape index (κ2) is 10.8. The highest BCUT2D eigenvalue weighted by Gasteiger charge is 2.23. The Morgan fingerprint density at radius 2 is 1.82 bits per heavy atom. The van der Waals surface area contributed by atoms with Crippen LogP contribution in [0.3, 0.4) is 0 Å². The minimum absolute atomic E-state index is 0.247. The number of rotatable bonds is 9. The van der Waals surface area contributed by atoms with Crippen LogP contribution in [0, 0.1) is 11.7 Å². The number of halogens is 3. The van der Waals surface area contributed by atoms with Crippen molar-refractivity contribution < 1.29 is 13.9 Å². The van der Waals surface area contributed by atoms with Crippen molar-refractivity contribution in [3.8, 4) is 5.75 Å². The molecular formula is C28H28Cl2FNO2. The Balaban J connectivity index is 1.42. The molecule has 0 saturated heterocycles. The highest BCUT2D eigenvalue weighted by atomic mass is 35.5. The highest BCUT2D eigenvalue weighted by molar-refractivity contribution is 6.36. The van der Waals surface area contributed by atoms with Gasteiger partial charge in [-0.2, -0.15) is 0 Å². The van der Waals surface area contributed by atoms with Crippen molar-refractivity contribution in [3.05, 3.63) is 92.7 Å². The Bertz CT molecular complexity index is 1170. The molecule has 1 N–H and O–H groups in total. The van der Waals surface area contributed by atoms with Crippen LogP contribution in [0.25, 0.3) is 0 Å². The van der Waals surface area contributed by atoms with Crippen LogP contribution in [0.4, 0.5) is 10.1 Å². The maximum atomic E-state index is 13.3. The average molecular weight is 500 g/mol. The van der Waals surface area contributed by atoms with Gasteiger partial charge >= 0.3 is 0 Å². The summed E-state index contributed by atoms with van der Waals surface area (Å²) >= 11 is 13.1. The van der Waals surface area contributed by atoms with E-state index in [1.165, 1.54) is 42.2 Å². The first-order valence-electron chi connectivity index (χ1n) is 11.6. The van der Waals surface area contributed by atoms with Crippen molar-refractivity contribution in [1.29, 1.82) is 0 Å². The molecule has 3 aromatic rings. The van der Waals surface area contributed by atoms with Crippen molar-refractivity contribution in [2.24, 2.45) is 5.92 Å². The molecule has 3 nitrogen and oxygen atoms in total. The van der Waals surface area contributed by atoms with Crippen molar-refractivity contribution in [2.75, 3.05) is 11.9 Å². The molecule has 4 rings (SSSR count). The maximum Gasteiger partial charge on any atom is 0.262 e. The van der Waals surface area contributed by atoms with Gasteiger partial charge in [0.15, 0.2) is 6.61 Å². The molecule has 6 heteroatoms. The van der Waals surface area contributed by atoms with Gasteiger partial charge in [0.1, 0.15) is 11.6 Å². The first kappa shape index (κ1) is 24.6. The van der Waals surface area contributed by atoms with Gasteiger partial charge in [-0.1, -0.05) is 61.3 Å². The summed E-state index contributed by atoms with van der Waals surface area (Å²) in [6, 6.07) is 15.7. The summed E-state index contributed by atoms with van der Waals surface area (Å²) in [5, 5.41) is 3.57. The monoisotopic (exact) mass is 499 g/mol. The third-order valence-electron chi connectivity index (χ3n) is 6.01. The second-order valence-corrected chi connectivity index (χ2v) is 10.0. The van der Waals surface area contributed by atoms with Gasteiger partial charge in [0, 0.05) is 22.2 Å². The zero-order chi connectivity index (χ0) is 24.2. The number of carbonyl (C=O) groups excluding carboxylic acids is 1. The molecule has 0 spiro atoms. The minimum Gasteiger partial charge on any atom is -0.484 e. The summed E-state index contributed by atoms with van der Waals surface area (Å²) in [4.78, 5) is 12.1. The van der Waals surface area contributed by atoms with E-state index in [1.807, 2.05) is 0 Å². The number of nitrogens with one attached hydrogen (secondary N) is 1. The van der Waals surface area contributed by atoms with E-state index >= 15 is 0 Å². The molecule has 0 aromatic heterocycles. The summed E-state index contributed by atoms with van der Waals surface area (Å²) in [6.07, 6.45) is 4.45. The van der Waals surface area contributed by atoms with Crippen molar-refractivity contribution in [1.82, 2.24) is 0 Å². The standard InChI is InChI=1S/C28H28Cl2FNO2/c1-17(2)24-11-19(8-9-20(24)10-18-6-7-18)12-25-26(29)14-23(15-27(25)30)34-16-28(33)32-22-5-3-4-21(31)13-22/h3-5,8-9,11,13-15,17-18H,6-7,10,12,16H2,1-2H3,(H,32,33). The van der Waals surface area contributed by atoms with Crippen LogP contribution in [0.2, 0.25) is 10.0 Å². The zero-order valence-electron chi connectivity index (χ0n) is 19.3. The van der Waals surface area contributed by atoms with Crippen molar-refractivity contribution in [3.63, 3.8) is 0 Å². The molecule has 0 radical (unpaired) electrons. The second-order valence-electron chi connectivity index (χ2n) is 9.22. The van der Waals surface area contributed by atoms with E-state index in [2.05, 4.69) is 37.4 Å². The van der Waals surface area contributed by atoms with E-state index in [1.54, 1.807) is 18.2 Å². The van der Waals surface area contributed by atoms with Gasteiger partial charge < -0.3 is 10.1 Å². The van der Waals surface area contributed by atoms with Gasteiger partial charge in [-0.15, -0.1) is 0 Å². The first-order chi connectivity index (χ1) is 16.3. The summed E-state index contributed by atoms with van der Waals surface area (Å²) in [7, 11) is 0.